The zero-order valence-electron chi connectivity index (χ0n) is 17.9. The van der Waals surface area contributed by atoms with Crippen molar-refractivity contribution in [2.24, 2.45) is 0 Å². The van der Waals surface area contributed by atoms with Gasteiger partial charge in [0.2, 0.25) is 16.0 Å². The maximum absolute atomic E-state index is 13.2. The Morgan fingerprint density at radius 1 is 1.29 bits per heavy atom. The van der Waals surface area contributed by atoms with Gasteiger partial charge in [-0.15, -0.1) is 10.2 Å². The van der Waals surface area contributed by atoms with Crippen LogP contribution in [0.15, 0.2) is 12.4 Å². The van der Waals surface area contributed by atoms with Crippen LogP contribution >= 0.6 is 11.6 Å². The maximum atomic E-state index is 13.2. The number of methoxy groups -OCH3 is 1. The van der Waals surface area contributed by atoms with Crippen LogP contribution in [0.3, 0.4) is 0 Å². The summed E-state index contributed by atoms with van der Waals surface area (Å²) in [6, 6.07) is 0. The van der Waals surface area contributed by atoms with Gasteiger partial charge in [0.25, 0.3) is 0 Å². The Labute approximate surface area is 186 Å². The third-order valence-electron chi connectivity index (χ3n) is 6.02. The molecule has 1 aliphatic heterocycles. The van der Waals surface area contributed by atoms with E-state index in [1.54, 1.807) is 0 Å². The predicted octanol–water partition coefficient (Wildman–Crippen LogP) is 2.99. The van der Waals surface area contributed by atoms with Crippen LogP contribution in [0.1, 0.15) is 70.3 Å². The van der Waals surface area contributed by atoms with E-state index in [1.165, 1.54) is 26.4 Å². The molecule has 2 unspecified atom stereocenters. The second kappa shape index (κ2) is 8.27. The highest BCUT2D eigenvalue weighted by Crippen LogP contribution is 2.47. The number of hydrogen-bond acceptors (Lipinski definition) is 8. The van der Waals surface area contributed by atoms with Crippen molar-refractivity contribution >= 4 is 27.6 Å². The van der Waals surface area contributed by atoms with Crippen molar-refractivity contribution in [1.29, 1.82) is 0 Å². The summed E-state index contributed by atoms with van der Waals surface area (Å²) < 4.78 is 42.4. The van der Waals surface area contributed by atoms with Gasteiger partial charge >= 0.3 is 0 Å². The fourth-order valence-corrected chi connectivity index (χ4v) is 5.09. The summed E-state index contributed by atoms with van der Waals surface area (Å²) in [7, 11) is -2.50. The molecule has 0 amide bonds. The van der Waals surface area contributed by atoms with Gasteiger partial charge in [-0.1, -0.05) is 11.6 Å². The van der Waals surface area contributed by atoms with Crippen molar-refractivity contribution in [2.45, 2.75) is 75.6 Å². The van der Waals surface area contributed by atoms with Gasteiger partial charge in [-0.05, 0) is 46.5 Å². The van der Waals surface area contributed by atoms with Crippen LogP contribution < -0.4 is 4.72 Å². The van der Waals surface area contributed by atoms with Gasteiger partial charge in [-0.25, -0.2) is 18.4 Å². The normalized spacial score (nSPS) is 24.7. The number of halogens is 1. The fourth-order valence-electron chi connectivity index (χ4n) is 3.86. The monoisotopic (exact) mass is 470 g/mol. The third-order valence-corrected chi connectivity index (χ3v) is 7.91. The molecular weight excluding hydrogens is 444 g/mol. The van der Waals surface area contributed by atoms with Gasteiger partial charge in [0, 0.05) is 25.0 Å². The summed E-state index contributed by atoms with van der Waals surface area (Å²) in [5, 5.41) is 7.85. The third kappa shape index (κ3) is 4.41. The van der Waals surface area contributed by atoms with Crippen LogP contribution in [-0.4, -0.2) is 51.6 Å². The molecule has 1 saturated carbocycles. The van der Waals surface area contributed by atoms with Gasteiger partial charge in [0.1, 0.15) is 17.5 Å². The minimum Gasteiger partial charge on any atom is -0.372 e. The quantitative estimate of drug-likeness (QED) is 0.624. The fraction of sp³-hybridized carbons (Fsp3) is 0.684. The molecule has 4 atom stereocenters. The molecule has 0 spiro atoms. The van der Waals surface area contributed by atoms with Gasteiger partial charge in [0.15, 0.2) is 11.6 Å². The minimum absolute atomic E-state index is 0.143. The average Bonchev–Trinajstić information content (AvgIpc) is 3.11. The summed E-state index contributed by atoms with van der Waals surface area (Å²) >= 11 is 5.84. The Kier molecular flexibility index (Phi) is 5.97. The van der Waals surface area contributed by atoms with Crippen molar-refractivity contribution in [3.63, 3.8) is 0 Å². The summed E-state index contributed by atoms with van der Waals surface area (Å²) in [4.78, 5) is 8.22. The van der Waals surface area contributed by atoms with Crippen molar-refractivity contribution in [3.05, 3.63) is 29.1 Å². The number of hydrogen-bond donors (Lipinski definition) is 1. The van der Waals surface area contributed by atoms with Crippen LogP contribution in [-0.2, 0) is 25.0 Å². The summed E-state index contributed by atoms with van der Waals surface area (Å²) in [5.41, 5.74) is -0.227. The Hall–Kier alpha value is -1.82. The molecule has 0 aromatic carbocycles. The van der Waals surface area contributed by atoms with E-state index < -0.39 is 21.4 Å². The van der Waals surface area contributed by atoms with E-state index in [9.17, 15) is 8.42 Å². The number of rotatable bonds is 8. The summed E-state index contributed by atoms with van der Waals surface area (Å²) in [5.74, 6) is 1.09. The average molecular weight is 471 g/mol. The lowest BCUT2D eigenvalue weighted by atomic mass is 10.2. The second-order valence-corrected chi connectivity index (χ2v) is 11.0. The molecule has 31 heavy (non-hydrogen) atoms. The molecule has 0 bridgehead atoms. The first-order chi connectivity index (χ1) is 14.6. The summed E-state index contributed by atoms with van der Waals surface area (Å²) in [6.45, 7) is 5.63. The van der Waals surface area contributed by atoms with Crippen molar-refractivity contribution in [3.8, 4) is 0 Å². The molecule has 3 heterocycles. The highest BCUT2D eigenvalue weighted by Gasteiger charge is 2.46. The summed E-state index contributed by atoms with van der Waals surface area (Å²) in [6.07, 6.45) is 5.48. The molecule has 10 nitrogen and oxygen atoms in total. The minimum atomic E-state index is -3.91. The number of nitrogens with zero attached hydrogens (tertiary/aromatic N) is 5. The van der Waals surface area contributed by atoms with Crippen LogP contribution in [0.5, 0.6) is 0 Å². The van der Waals surface area contributed by atoms with Crippen molar-refractivity contribution in [1.82, 2.24) is 24.7 Å². The first-order valence-electron chi connectivity index (χ1n) is 10.3. The molecule has 2 aromatic rings. The molecule has 170 valence electrons. The zero-order chi connectivity index (χ0) is 22.4. The number of sulfonamides is 1. The molecule has 2 aromatic heterocycles. The van der Waals surface area contributed by atoms with E-state index in [2.05, 4.69) is 31.8 Å². The molecule has 12 heteroatoms. The first kappa shape index (κ1) is 22.4. The molecule has 4 rings (SSSR count). The molecule has 1 aliphatic carbocycles. The van der Waals surface area contributed by atoms with Crippen LogP contribution in [0, 0.1) is 0 Å². The van der Waals surface area contributed by atoms with E-state index in [-0.39, 0.29) is 29.5 Å². The largest absolute Gasteiger partial charge is 0.372 e. The molecule has 1 N–H and O–H groups in total. The highest BCUT2D eigenvalue weighted by atomic mass is 35.5. The van der Waals surface area contributed by atoms with E-state index in [1.807, 2.05) is 11.5 Å². The smallest absolute Gasteiger partial charge is 0.240 e. The Morgan fingerprint density at radius 3 is 2.52 bits per heavy atom. The first-order valence-corrected chi connectivity index (χ1v) is 12.2. The Balaban J connectivity index is 1.62. The standard InChI is InChI=1S/C19H27ClN6O4S/c1-11-5-6-14(30-11)17-23-24-18(26(17)19(3)7-8-19)25-31(27,28)12(2)15(29-4)16-21-9-13(20)10-22-16/h9-12,14-15H,5-8H2,1-4H3,(H,24,25)/t11-,12?,14-,15?/m1/s1. The number of anilines is 1. The topological polar surface area (TPSA) is 121 Å². The molecule has 2 fully saturated rings. The molecule has 0 radical (unpaired) electrons. The van der Waals surface area contributed by atoms with E-state index in [4.69, 9.17) is 21.1 Å². The lowest BCUT2D eigenvalue weighted by Gasteiger charge is -2.24. The lowest BCUT2D eigenvalue weighted by Crippen LogP contribution is -2.34. The van der Waals surface area contributed by atoms with Gasteiger partial charge in [-0.3, -0.25) is 9.29 Å². The van der Waals surface area contributed by atoms with Crippen molar-refractivity contribution in [2.75, 3.05) is 11.8 Å². The molecular formula is C19H27ClN6O4S. The molecule has 1 saturated heterocycles. The van der Waals surface area contributed by atoms with Gasteiger partial charge in [-0.2, -0.15) is 0 Å². The highest BCUT2D eigenvalue weighted by molar-refractivity contribution is 7.93. The van der Waals surface area contributed by atoms with Crippen molar-refractivity contribution < 1.29 is 17.9 Å². The van der Waals surface area contributed by atoms with Crippen LogP contribution in [0.25, 0.3) is 0 Å². The predicted molar refractivity (Wildman–Crippen MR) is 114 cm³/mol. The van der Waals surface area contributed by atoms with Crippen LogP contribution in [0.4, 0.5) is 5.95 Å². The SMILES string of the molecule is COC(c1ncc(Cl)cn1)C(C)S(=O)(=O)Nc1nnc([C@H]2CC[C@@H](C)O2)n1C1(C)CC1. The lowest BCUT2D eigenvalue weighted by molar-refractivity contribution is 0.0469. The molecule has 2 aliphatic rings. The number of nitrogens with one attached hydrogen (secondary N) is 1. The van der Waals surface area contributed by atoms with E-state index >= 15 is 0 Å². The number of aromatic nitrogens is 5. The van der Waals surface area contributed by atoms with Gasteiger partial charge < -0.3 is 9.47 Å². The maximum Gasteiger partial charge on any atom is 0.240 e. The van der Waals surface area contributed by atoms with Crippen LogP contribution in [0.2, 0.25) is 5.02 Å². The van der Waals surface area contributed by atoms with Gasteiger partial charge in [0.05, 0.1) is 11.1 Å². The number of ether oxygens (including phenoxy) is 2. The van der Waals surface area contributed by atoms with E-state index in [0.29, 0.717) is 10.8 Å². The zero-order valence-corrected chi connectivity index (χ0v) is 19.5. The Morgan fingerprint density at radius 2 is 1.97 bits per heavy atom. The Bertz CT molecular complexity index is 1040. The van der Waals surface area contributed by atoms with E-state index in [0.717, 1.165) is 25.7 Å². The second-order valence-electron chi connectivity index (χ2n) is 8.49.